The molecule has 3 saturated heterocycles. The van der Waals surface area contributed by atoms with E-state index in [0.29, 0.717) is 41.2 Å². The van der Waals surface area contributed by atoms with Crippen molar-refractivity contribution in [1.29, 1.82) is 0 Å². The van der Waals surface area contributed by atoms with E-state index in [1.165, 1.54) is 18.6 Å². The summed E-state index contributed by atoms with van der Waals surface area (Å²) >= 11 is 0. The van der Waals surface area contributed by atoms with Crippen molar-refractivity contribution in [3.8, 4) is 11.5 Å². The van der Waals surface area contributed by atoms with Gasteiger partial charge in [-0.05, 0) is 105 Å². The quantitative estimate of drug-likeness (QED) is 0.0687. The van der Waals surface area contributed by atoms with Crippen molar-refractivity contribution < 1.29 is 24.9 Å². The molecule has 1 unspecified atom stereocenters. The molecule has 5 N–H and O–H groups in total. The van der Waals surface area contributed by atoms with Crippen LogP contribution in [0.4, 0.5) is 10.5 Å². The number of hydrogen-bond acceptors (Lipinski definition) is 7. The van der Waals surface area contributed by atoms with Crippen LogP contribution in [0.2, 0.25) is 0 Å². The number of aliphatic hydroxyl groups is 1. The molecule has 3 atom stereocenters. The number of aromatic nitrogens is 1. The Bertz CT molecular complexity index is 1770. The number of hydrogen-bond donors (Lipinski definition) is 5. The molecule has 0 aliphatic carbocycles. The van der Waals surface area contributed by atoms with Gasteiger partial charge in [-0.15, -0.1) is 0 Å². The van der Waals surface area contributed by atoms with Crippen LogP contribution in [-0.2, 0) is 0 Å². The van der Waals surface area contributed by atoms with Gasteiger partial charge in [0.25, 0.3) is 0 Å². The summed E-state index contributed by atoms with van der Waals surface area (Å²) < 4.78 is 6.22. The molecule has 10 nitrogen and oxygen atoms in total. The average Bonchev–Trinajstić information content (AvgIpc) is 3.15. The van der Waals surface area contributed by atoms with Gasteiger partial charge in [-0.2, -0.15) is 0 Å². The van der Waals surface area contributed by atoms with Crippen LogP contribution in [0.1, 0.15) is 81.1 Å². The molecule has 4 aromatic rings. The van der Waals surface area contributed by atoms with Gasteiger partial charge in [0.05, 0.1) is 24.3 Å². The predicted octanol–water partition coefficient (Wildman–Crippen LogP) is 7.23. The van der Waals surface area contributed by atoms with Gasteiger partial charge in [-0.3, -0.25) is 9.69 Å². The first-order valence-electron chi connectivity index (χ1n) is 18.6. The molecule has 0 radical (unpaired) electrons. The summed E-state index contributed by atoms with van der Waals surface area (Å²) in [6.07, 6.45) is 8.25. The Morgan fingerprint density at radius 2 is 1.67 bits per heavy atom. The summed E-state index contributed by atoms with van der Waals surface area (Å²) in [4.78, 5) is 31.2. The maximum Gasteiger partial charge on any atom is 0.412 e. The molecule has 272 valence electrons. The van der Waals surface area contributed by atoms with Crippen LogP contribution >= 0.6 is 0 Å². The van der Waals surface area contributed by atoms with E-state index in [1.807, 2.05) is 42.5 Å². The lowest BCUT2D eigenvalue weighted by atomic mass is 9.73. The van der Waals surface area contributed by atoms with Crippen molar-refractivity contribution in [2.45, 2.75) is 69.9 Å². The molecule has 0 saturated carbocycles. The average molecular weight is 697 g/mol. The molecular formula is C41H52N4O6. The number of ether oxygens (including phenoxy) is 1. The number of para-hydroxylation sites is 1. The predicted molar refractivity (Wildman–Crippen MR) is 201 cm³/mol. The third-order valence-electron chi connectivity index (χ3n) is 10.7. The summed E-state index contributed by atoms with van der Waals surface area (Å²) in [5.74, 6) is 1.51. The summed E-state index contributed by atoms with van der Waals surface area (Å²) in [5, 5.41) is 35.3. The third kappa shape index (κ3) is 9.30. The van der Waals surface area contributed by atoms with Crippen LogP contribution in [-0.4, -0.2) is 70.6 Å². The van der Waals surface area contributed by atoms with Gasteiger partial charge in [-0.1, -0.05) is 68.5 Å². The fourth-order valence-electron chi connectivity index (χ4n) is 8.05. The van der Waals surface area contributed by atoms with Gasteiger partial charge >= 0.3 is 6.09 Å². The third-order valence-corrected chi connectivity index (χ3v) is 10.7. The SMILES string of the molecule is O=C(O)N(c1ccccc1)[C@@H](c1cccc(OCCCCCCCCCNC[C@H](O)c2ccc(O)c3[nH]c(=O)ccc23)c1)C1CN2CCC1CC2. The Hall–Kier alpha value is -4.38. The normalized spacial score (nSPS) is 19.5. The van der Waals surface area contributed by atoms with Gasteiger partial charge < -0.3 is 35.3 Å². The Morgan fingerprint density at radius 1 is 0.922 bits per heavy atom. The fraction of sp³-hybridized carbons (Fsp3) is 0.463. The number of nitrogens with zero attached hydrogens (tertiary/aromatic N) is 2. The Labute approximate surface area is 300 Å². The number of nitrogens with one attached hydrogen (secondary N) is 2. The van der Waals surface area contributed by atoms with Crippen LogP contribution < -0.4 is 20.5 Å². The number of aromatic hydroxyl groups is 1. The van der Waals surface area contributed by atoms with E-state index in [2.05, 4.69) is 27.3 Å². The van der Waals surface area contributed by atoms with E-state index in [9.17, 15) is 24.9 Å². The molecule has 1 aromatic heterocycles. The number of phenols is 1. The summed E-state index contributed by atoms with van der Waals surface area (Å²) in [6, 6.07) is 23.5. The number of benzene rings is 3. The van der Waals surface area contributed by atoms with E-state index < -0.39 is 12.2 Å². The lowest BCUT2D eigenvalue weighted by Crippen LogP contribution is -2.53. The topological polar surface area (TPSA) is 138 Å². The largest absolute Gasteiger partial charge is 0.506 e. The van der Waals surface area contributed by atoms with Crippen LogP contribution in [0.3, 0.4) is 0 Å². The van der Waals surface area contributed by atoms with Crippen molar-refractivity contribution in [3.05, 3.63) is 100 Å². The molecule has 3 aliphatic rings. The van der Waals surface area contributed by atoms with Crippen LogP contribution in [0.5, 0.6) is 11.5 Å². The lowest BCUT2D eigenvalue weighted by Gasteiger charge is -2.49. The second kappa shape index (κ2) is 17.7. The van der Waals surface area contributed by atoms with E-state index in [-0.39, 0.29) is 23.3 Å². The Balaban J connectivity index is 0.906. The number of H-pyrrole nitrogens is 1. The summed E-state index contributed by atoms with van der Waals surface area (Å²) in [5.41, 5.74) is 2.42. The number of amides is 1. The minimum absolute atomic E-state index is 0.0115. The summed E-state index contributed by atoms with van der Waals surface area (Å²) in [6.45, 7) is 4.96. The number of anilines is 1. The maximum absolute atomic E-state index is 12.8. The maximum atomic E-state index is 12.8. The van der Waals surface area contributed by atoms with Crippen LogP contribution in [0.25, 0.3) is 10.9 Å². The van der Waals surface area contributed by atoms with E-state index in [1.54, 1.807) is 17.0 Å². The highest BCUT2D eigenvalue weighted by molar-refractivity contribution is 5.88. The number of aromatic amines is 1. The Morgan fingerprint density at radius 3 is 2.39 bits per heavy atom. The lowest BCUT2D eigenvalue weighted by molar-refractivity contribution is 0.0358. The molecule has 3 aromatic carbocycles. The Kier molecular flexibility index (Phi) is 12.6. The molecule has 3 fully saturated rings. The van der Waals surface area contributed by atoms with Crippen molar-refractivity contribution >= 4 is 22.7 Å². The van der Waals surface area contributed by atoms with E-state index in [0.717, 1.165) is 88.9 Å². The first-order valence-corrected chi connectivity index (χ1v) is 18.6. The number of rotatable bonds is 18. The molecule has 10 heteroatoms. The van der Waals surface area contributed by atoms with Crippen LogP contribution in [0.15, 0.2) is 83.7 Å². The monoisotopic (exact) mass is 696 g/mol. The highest BCUT2D eigenvalue weighted by Gasteiger charge is 2.43. The zero-order valence-corrected chi connectivity index (χ0v) is 29.4. The first kappa shape index (κ1) is 36.4. The van der Waals surface area contributed by atoms with Gasteiger partial charge in [0.2, 0.25) is 5.56 Å². The van der Waals surface area contributed by atoms with Crippen LogP contribution in [0, 0.1) is 11.8 Å². The number of aliphatic hydroxyl groups excluding tert-OH is 1. The number of carbonyl (C=O) groups is 1. The standard InChI is InChI=1S/C41H52N4O6/c46-36-18-16-33(34-17-19-38(48)43-39(34)36)37(47)27-42-22-9-4-2-1-3-5-10-25-51-32-15-11-12-30(26-32)40(35-28-44-23-20-29(35)21-24-44)45(41(49)50)31-13-7-6-8-14-31/h6-8,11-19,26,29,35,37,40,42,46-47H,1-5,9-10,20-25,27-28H2,(H,43,48)(H,49,50)/t35?,37-,40-/m0/s1. The highest BCUT2D eigenvalue weighted by Crippen LogP contribution is 2.44. The zero-order valence-electron chi connectivity index (χ0n) is 29.4. The van der Waals surface area contributed by atoms with E-state index >= 15 is 0 Å². The number of carboxylic acid groups (broad SMARTS) is 1. The molecular weight excluding hydrogens is 644 g/mol. The second-order valence-corrected chi connectivity index (χ2v) is 14.1. The first-order chi connectivity index (χ1) is 24.9. The summed E-state index contributed by atoms with van der Waals surface area (Å²) in [7, 11) is 0. The van der Waals surface area contributed by atoms with Gasteiger partial charge in [0.15, 0.2) is 0 Å². The number of unbranched alkanes of at least 4 members (excludes halogenated alkanes) is 6. The highest BCUT2D eigenvalue weighted by atomic mass is 16.5. The molecule has 7 rings (SSSR count). The molecule has 3 aliphatic heterocycles. The van der Waals surface area contributed by atoms with E-state index in [4.69, 9.17) is 4.74 Å². The zero-order chi connectivity index (χ0) is 35.6. The number of fused-ring (bicyclic) bond motifs is 4. The van der Waals surface area contributed by atoms with Gasteiger partial charge in [-0.25, -0.2) is 4.79 Å². The minimum Gasteiger partial charge on any atom is -0.506 e. The number of phenolic OH excluding ortho intramolecular Hbond substituents is 1. The fourth-order valence-corrected chi connectivity index (χ4v) is 8.05. The number of pyridine rings is 1. The molecule has 51 heavy (non-hydrogen) atoms. The molecule has 0 spiro atoms. The second-order valence-electron chi connectivity index (χ2n) is 14.1. The smallest absolute Gasteiger partial charge is 0.412 e. The van der Waals surface area contributed by atoms with Crippen molar-refractivity contribution in [2.75, 3.05) is 44.2 Å². The number of piperidine rings is 3. The van der Waals surface area contributed by atoms with Crippen molar-refractivity contribution in [1.82, 2.24) is 15.2 Å². The molecule has 1 amide bonds. The van der Waals surface area contributed by atoms with Gasteiger partial charge in [0.1, 0.15) is 11.5 Å². The minimum atomic E-state index is -0.927. The van der Waals surface area contributed by atoms with Crippen molar-refractivity contribution in [3.63, 3.8) is 0 Å². The van der Waals surface area contributed by atoms with Gasteiger partial charge in [0, 0.05) is 30.2 Å². The molecule has 2 bridgehead atoms. The molecule has 4 heterocycles. The van der Waals surface area contributed by atoms with Crippen molar-refractivity contribution in [2.24, 2.45) is 11.8 Å².